The molecule has 2 amide bonds. The molecule has 0 spiro atoms. The fourth-order valence-electron chi connectivity index (χ4n) is 3.71. The maximum absolute atomic E-state index is 12.3. The molecule has 2 N–H and O–H groups in total. The average molecular weight is 443 g/mol. The van der Waals surface area contributed by atoms with E-state index in [1.54, 1.807) is 23.5 Å². The van der Waals surface area contributed by atoms with Crippen molar-refractivity contribution in [3.63, 3.8) is 0 Å². The Hall–Kier alpha value is -2.25. The molecule has 6 nitrogen and oxygen atoms in total. The monoisotopic (exact) mass is 442 g/mol. The van der Waals surface area contributed by atoms with Gasteiger partial charge in [0.05, 0.1) is 5.69 Å². The molecular formula is C24H34N4O2S. The van der Waals surface area contributed by atoms with Crippen LogP contribution < -0.4 is 10.6 Å². The molecule has 168 valence electrons. The van der Waals surface area contributed by atoms with Gasteiger partial charge in [0.2, 0.25) is 5.91 Å². The van der Waals surface area contributed by atoms with E-state index in [4.69, 9.17) is 0 Å². The summed E-state index contributed by atoms with van der Waals surface area (Å²) in [6, 6.07) is 9.21. The molecule has 2 heterocycles. The van der Waals surface area contributed by atoms with Crippen molar-refractivity contribution < 1.29 is 9.59 Å². The van der Waals surface area contributed by atoms with E-state index in [2.05, 4.69) is 27.4 Å². The molecule has 1 saturated heterocycles. The van der Waals surface area contributed by atoms with Gasteiger partial charge in [-0.1, -0.05) is 31.5 Å². The van der Waals surface area contributed by atoms with E-state index in [1.165, 1.54) is 17.7 Å². The van der Waals surface area contributed by atoms with Crippen LogP contribution in [0.15, 0.2) is 30.3 Å². The fourth-order valence-corrected chi connectivity index (χ4v) is 4.74. The van der Waals surface area contributed by atoms with E-state index in [9.17, 15) is 9.59 Å². The number of carbonyl (C=O) groups is 2. The number of thiazole rings is 1. The Morgan fingerprint density at radius 1 is 1.13 bits per heavy atom. The zero-order chi connectivity index (χ0) is 22.1. The van der Waals surface area contributed by atoms with E-state index in [0.29, 0.717) is 23.7 Å². The molecule has 0 atom stereocenters. The highest BCUT2D eigenvalue weighted by molar-refractivity contribution is 7.15. The Kier molecular flexibility index (Phi) is 9.03. The maximum atomic E-state index is 12.3. The van der Waals surface area contributed by atoms with Crippen LogP contribution in [0.5, 0.6) is 0 Å². The average Bonchev–Trinajstić information content (AvgIpc) is 3.11. The molecular weight excluding hydrogens is 408 g/mol. The lowest BCUT2D eigenvalue weighted by molar-refractivity contribution is -0.116. The number of hydrogen-bond acceptors (Lipinski definition) is 5. The molecule has 2 aromatic rings. The smallest absolute Gasteiger partial charge is 0.251 e. The number of aryl methyl sites for hydroxylation is 1. The number of nitrogens with one attached hydrogen (secondary N) is 2. The van der Waals surface area contributed by atoms with E-state index in [1.807, 2.05) is 25.1 Å². The van der Waals surface area contributed by atoms with E-state index >= 15 is 0 Å². The Morgan fingerprint density at radius 3 is 2.61 bits per heavy atom. The number of amides is 2. The summed E-state index contributed by atoms with van der Waals surface area (Å²) >= 11 is 1.60. The van der Waals surface area contributed by atoms with Crippen molar-refractivity contribution >= 4 is 28.3 Å². The minimum absolute atomic E-state index is 0.0143. The number of unbranched alkanes of at least 4 members (excludes halogenated alkanes) is 2. The van der Waals surface area contributed by atoms with Crippen molar-refractivity contribution in [2.24, 2.45) is 5.92 Å². The molecule has 0 unspecified atom stereocenters. The predicted molar refractivity (Wildman–Crippen MR) is 126 cm³/mol. The minimum Gasteiger partial charge on any atom is -0.352 e. The molecule has 0 bridgehead atoms. The van der Waals surface area contributed by atoms with Crippen LogP contribution in [0.4, 0.5) is 5.13 Å². The number of benzene rings is 1. The van der Waals surface area contributed by atoms with Crippen LogP contribution in [0.3, 0.4) is 0 Å². The van der Waals surface area contributed by atoms with Gasteiger partial charge in [0.15, 0.2) is 5.13 Å². The van der Waals surface area contributed by atoms with Crippen LogP contribution in [-0.2, 0) is 11.3 Å². The highest BCUT2D eigenvalue weighted by atomic mass is 32.1. The van der Waals surface area contributed by atoms with E-state index in [0.717, 1.165) is 50.5 Å². The van der Waals surface area contributed by atoms with Gasteiger partial charge in [-0.15, -0.1) is 11.3 Å². The Balaban J connectivity index is 1.30. The minimum atomic E-state index is -0.0487. The zero-order valence-electron chi connectivity index (χ0n) is 18.7. The molecule has 0 radical (unpaired) electrons. The lowest BCUT2D eigenvalue weighted by Crippen LogP contribution is -2.32. The third kappa shape index (κ3) is 7.74. The summed E-state index contributed by atoms with van der Waals surface area (Å²) in [7, 11) is 0. The molecule has 3 rings (SSSR count). The summed E-state index contributed by atoms with van der Waals surface area (Å²) in [5, 5.41) is 6.58. The second kappa shape index (κ2) is 12.0. The topological polar surface area (TPSA) is 74.3 Å². The van der Waals surface area contributed by atoms with Crippen LogP contribution in [0, 0.1) is 12.8 Å². The lowest BCUT2D eigenvalue weighted by atomic mass is 9.99. The summed E-state index contributed by atoms with van der Waals surface area (Å²) in [6.45, 7) is 8.19. The normalized spacial score (nSPS) is 15.0. The summed E-state index contributed by atoms with van der Waals surface area (Å²) in [5.41, 5.74) is 1.70. The summed E-state index contributed by atoms with van der Waals surface area (Å²) in [5.74, 6) is 0.793. The van der Waals surface area contributed by atoms with Crippen LogP contribution in [0.25, 0.3) is 0 Å². The quantitative estimate of drug-likeness (QED) is 0.527. The van der Waals surface area contributed by atoms with Crippen molar-refractivity contribution in [1.29, 1.82) is 0 Å². The van der Waals surface area contributed by atoms with Crippen molar-refractivity contribution in [3.05, 3.63) is 46.5 Å². The molecule has 31 heavy (non-hydrogen) atoms. The molecule has 1 fully saturated rings. The van der Waals surface area contributed by atoms with Gasteiger partial charge in [0, 0.05) is 30.0 Å². The third-order valence-electron chi connectivity index (χ3n) is 5.78. The van der Waals surface area contributed by atoms with Gasteiger partial charge in [-0.3, -0.25) is 14.5 Å². The van der Waals surface area contributed by atoms with Gasteiger partial charge in [0.25, 0.3) is 5.91 Å². The number of nitrogens with zero attached hydrogens (tertiary/aromatic N) is 2. The molecule has 0 saturated carbocycles. The first-order chi connectivity index (χ1) is 15.0. The van der Waals surface area contributed by atoms with E-state index in [-0.39, 0.29) is 11.8 Å². The molecule has 1 aliphatic rings. The van der Waals surface area contributed by atoms with E-state index < -0.39 is 0 Å². The van der Waals surface area contributed by atoms with Crippen LogP contribution in [0.2, 0.25) is 0 Å². The van der Waals surface area contributed by atoms with Gasteiger partial charge in [-0.25, -0.2) is 4.98 Å². The number of anilines is 1. The highest BCUT2D eigenvalue weighted by Crippen LogP contribution is 2.26. The summed E-state index contributed by atoms with van der Waals surface area (Å²) in [6.07, 6.45) is 5.56. The first kappa shape index (κ1) is 23.4. The number of hydrogen-bond donors (Lipinski definition) is 2. The highest BCUT2D eigenvalue weighted by Gasteiger charge is 2.18. The van der Waals surface area contributed by atoms with Crippen molar-refractivity contribution in [2.75, 3.05) is 25.0 Å². The standard InChI is InChI=1S/C24H34N4O2S/c1-18-12-15-28(16-13-18)17-21-19(2)26-24(31-21)27-22(29)11-7-4-8-14-25-23(30)20-9-5-3-6-10-20/h3,5-6,9-10,18H,4,7-8,11-17H2,1-2H3,(H,25,30)(H,26,27,29). The predicted octanol–water partition coefficient (Wildman–Crippen LogP) is 4.61. The molecule has 0 aliphatic carbocycles. The maximum Gasteiger partial charge on any atom is 0.251 e. The van der Waals surface area contributed by atoms with Gasteiger partial charge < -0.3 is 10.6 Å². The second-order valence-corrected chi connectivity index (χ2v) is 9.55. The van der Waals surface area contributed by atoms with Crippen molar-refractivity contribution in [1.82, 2.24) is 15.2 Å². The first-order valence-corrected chi connectivity index (χ1v) is 12.1. The Labute approximate surface area is 189 Å². The number of piperidine rings is 1. The number of carbonyl (C=O) groups excluding carboxylic acids is 2. The number of rotatable bonds is 10. The second-order valence-electron chi connectivity index (χ2n) is 8.47. The fraction of sp³-hybridized carbons (Fsp3) is 0.542. The van der Waals surface area contributed by atoms with Gasteiger partial charge in [0.1, 0.15) is 0 Å². The third-order valence-corrected chi connectivity index (χ3v) is 6.84. The summed E-state index contributed by atoms with van der Waals surface area (Å²) in [4.78, 5) is 32.5. The van der Waals surface area contributed by atoms with Crippen molar-refractivity contribution in [3.8, 4) is 0 Å². The van der Waals surface area contributed by atoms with Gasteiger partial charge >= 0.3 is 0 Å². The van der Waals surface area contributed by atoms with Gasteiger partial charge in [-0.05, 0) is 63.7 Å². The number of likely N-dealkylation sites (tertiary alicyclic amines) is 1. The molecule has 1 aromatic heterocycles. The molecule has 1 aromatic carbocycles. The van der Waals surface area contributed by atoms with Crippen LogP contribution in [-0.4, -0.2) is 41.3 Å². The first-order valence-electron chi connectivity index (χ1n) is 11.3. The van der Waals surface area contributed by atoms with Crippen LogP contribution in [0.1, 0.15) is 66.4 Å². The lowest BCUT2D eigenvalue weighted by Gasteiger charge is -2.29. The molecule has 7 heteroatoms. The number of aromatic nitrogens is 1. The van der Waals surface area contributed by atoms with Gasteiger partial charge in [-0.2, -0.15) is 0 Å². The van der Waals surface area contributed by atoms with Crippen LogP contribution >= 0.6 is 11.3 Å². The Bertz CT molecular complexity index is 845. The Morgan fingerprint density at radius 2 is 1.87 bits per heavy atom. The zero-order valence-corrected chi connectivity index (χ0v) is 19.5. The molecule has 1 aliphatic heterocycles. The SMILES string of the molecule is Cc1nc(NC(=O)CCCCCNC(=O)c2ccccc2)sc1CN1CCC(C)CC1. The van der Waals surface area contributed by atoms with Crippen molar-refractivity contribution in [2.45, 2.75) is 58.9 Å². The largest absolute Gasteiger partial charge is 0.352 e. The summed E-state index contributed by atoms with van der Waals surface area (Å²) < 4.78 is 0.